The number of ketones is 1. The third kappa shape index (κ3) is 3.15. The lowest BCUT2D eigenvalue weighted by Gasteiger charge is -2.07. The number of aromatic nitrogens is 2. The summed E-state index contributed by atoms with van der Waals surface area (Å²) in [5.41, 5.74) is 0.617. The van der Waals surface area contributed by atoms with Crippen LogP contribution in [0.4, 0.5) is 0 Å². The molecule has 0 aliphatic heterocycles. The van der Waals surface area contributed by atoms with Crippen molar-refractivity contribution in [1.82, 2.24) is 9.13 Å². The number of esters is 1. The molecule has 0 atom stereocenters. The number of hydrogen-bond acceptors (Lipinski definition) is 5. The van der Waals surface area contributed by atoms with E-state index in [-0.39, 0.29) is 11.3 Å². The number of carbonyl (C=O) groups excluding carboxylic acids is 2. The van der Waals surface area contributed by atoms with E-state index in [1.165, 1.54) is 36.9 Å². The van der Waals surface area contributed by atoms with E-state index in [0.29, 0.717) is 17.0 Å². The molecule has 0 spiro atoms. The van der Waals surface area contributed by atoms with E-state index in [2.05, 4.69) is 4.74 Å². The number of hydrogen-bond donors (Lipinski definition) is 1. The van der Waals surface area contributed by atoms with Crippen molar-refractivity contribution in [3.05, 3.63) is 57.3 Å². The van der Waals surface area contributed by atoms with E-state index in [9.17, 15) is 19.5 Å². The highest BCUT2D eigenvalue weighted by Crippen LogP contribution is 2.16. The lowest BCUT2D eigenvalue weighted by Crippen LogP contribution is -2.25. The maximum Gasteiger partial charge on any atom is 0.354 e. The van der Waals surface area contributed by atoms with Gasteiger partial charge in [0.2, 0.25) is 0 Å². The molecule has 2 aromatic heterocycles. The maximum atomic E-state index is 12.2. The normalized spacial score (nSPS) is 11.0. The Bertz CT molecular complexity index is 902. The van der Waals surface area contributed by atoms with E-state index in [1.54, 1.807) is 30.8 Å². The highest BCUT2D eigenvalue weighted by atomic mass is 16.5. The summed E-state index contributed by atoms with van der Waals surface area (Å²) in [5, 5.41) is 9.88. The Balaban J connectivity index is 2.34. The van der Waals surface area contributed by atoms with Crippen LogP contribution >= 0.6 is 0 Å². The molecule has 126 valence electrons. The third-order valence-corrected chi connectivity index (χ3v) is 3.74. The molecule has 0 aliphatic rings. The SMILES string of the molecule is COC(=O)c1cc(C=CC(=O)c2c(O)cc(C)n(C)c2=O)cn1C. The Labute approximate surface area is 138 Å². The van der Waals surface area contributed by atoms with Crippen LogP contribution in [-0.4, -0.2) is 33.1 Å². The zero-order chi connectivity index (χ0) is 18.0. The second-order valence-corrected chi connectivity index (χ2v) is 5.37. The van der Waals surface area contributed by atoms with Gasteiger partial charge in [-0.3, -0.25) is 9.59 Å². The Kier molecular flexibility index (Phi) is 4.73. The van der Waals surface area contributed by atoms with Crippen molar-refractivity contribution < 1.29 is 19.4 Å². The summed E-state index contributed by atoms with van der Waals surface area (Å²) in [6.45, 7) is 1.66. The van der Waals surface area contributed by atoms with E-state index in [0.717, 1.165) is 0 Å². The minimum Gasteiger partial charge on any atom is -0.507 e. The van der Waals surface area contributed by atoms with Crippen molar-refractivity contribution in [2.75, 3.05) is 7.11 Å². The summed E-state index contributed by atoms with van der Waals surface area (Å²) in [4.78, 5) is 35.9. The quantitative estimate of drug-likeness (QED) is 0.520. The molecule has 0 bridgehead atoms. The Morgan fingerprint density at radius 1 is 1.25 bits per heavy atom. The summed E-state index contributed by atoms with van der Waals surface area (Å²) in [6.07, 6.45) is 4.29. The molecular formula is C17H18N2O5. The number of methoxy groups -OCH3 is 1. The van der Waals surface area contributed by atoms with Gasteiger partial charge in [-0.15, -0.1) is 0 Å². The molecule has 0 unspecified atom stereocenters. The van der Waals surface area contributed by atoms with E-state index in [4.69, 9.17) is 0 Å². The molecule has 24 heavy (non-hydrogen) atoms. The van der Waals surface area contributed by atoms with Gasteiger partial charge in [0.05, 0.1) is 7.11 Å². The average Bonchev–Trinajstić information content (AvgIpc) is 2.91. The largest absolute Gasteiger partial charge is 0.507 e. The zero-order valence-electron chi connectivity index (χ0n) is 13.9. The fourth-order valence-corrected chi connectivity index (χ4v) is 2.28. The van der Waals surface area contributed by atoms with Gasteiger partial charge in [0, 0.05) is 32.1 Å². The van der Waals surface area contributed by atoms with Crippen LogP contribution in [0.15, 0.2) is 29.2 Å². The molecule has 0 aliphatic carbocycles. The third-order valence-electron chi connectivity index (χ3n) is 3.74. The van der Waals surface area contributed by atoms with Gasteiger partial charge in [0.1, 0.15) is 17.0 Å². The van der Waals surface area contributed by atoms with Gasteiger partial charge in [-0.05, 0) is 30.7 Å². The maximum absolute atomic E-state index is 12.2. The van der Waals surface area contributed by atoms with E-state index >= 15 is 0 Å². The second kappa shape index (κ2) is 6.57. The van der Waals surface area contributed by atoms with Crippen LogP contribution in [0.5, 0.6) is 5.75 Å². The molecule has 7 nitrogen and oxygen atoms in total. The first kappa shape index (κ1) is 17.3. The van der Waals surface area contributed by atoms with Gasteiger partial charge in [-0.2, -0.15) is 0 Å². The topological polar surface area (TPSA) is 90.5 Å². The summed E-state index contributed by atoms with van der Waals surface area (Å²) < 4.78 is 7.51. The lowest BCUT2D eigenvalue weighted by molar-refractivity contribution is 0.0590. The van der Waals surface area contributed by atoms with Crippen LogP contribution < -0.4 is 5.56 Å². The molecule has 0 saturated carbocycles. The van der Waals surface area contributed by atoms with Crippen molar-refractivity contribution in [1.29, 1.82) is 0 Å². The summed E-state index contributed by atoms with van der Waals surface area (Å²) >= 11 is 0. The molecule has 0 radical (unpaired) electrons. The predicted octanol–water partition coefficient (Wildman–Crippen LogP) is 1.42. The van der Waals surface area contributed by atoms with Crippen molar-refractivity contribution in [3.8, 4) is 5.75 Å². The highest BCUT2D eigenvalue weighted by Gasteiger charge is 2.16. The van der Waals surface area contributed by atoms with Gasteiger partial charge in [0.15, 0.2) is 5.78 Å². The van der Waals surface area contributed by atoms with Gasteiger partial charge >= 0.3 is 5.97 Å². The minimum absolute atomic E-state index is 0.288. The molecule has 7 heteroatoms. The number of pyridine rings is 1. The second-order valence-electron chi connectivity index (χ2n) is 5.37. The van der Waals surface area contributed by atoms with Gasteiger partial charge in [0.25, 0.3) is 5.56 Å². The number of carbonyl (C=O) groups is 2. The van der Waals surface area contributed by atoms with Crippen LogP contribution in [0.3, 0.4) is 0 Å². The molecule has 0 amide bonds. The standard InChI is InChI=1S/C17H18N2O5/c1-10-7-14(21)15(16(22)19(10)3)13(20)6-5-11-8-12(17(23)24-4)18(2)9-11/h5-9,21H,1-4H3. The number of rotatable bonds is 4. The molecule has 1 N–H and O–H groups in total. The molecule has 0 fully saturated rings. The first-order valence-corrected chi connectivity index (χ1v) is 7.13. The molecule has 2 heterocycles. The number of nitrogens with zero attached hydrogens (tertiary/aromatic N) is 2. The molecule has 0 saturated heterocycles. The van der Waals surface area contributed by atoms with Crippen molar-refractivity contribution in [2.24, 2.45) is 14.1 Å². The van der Waals surface area contributed by atoms with Crippen LogP contribution in [0.1, 0.15) is 32.1 Å². The van der Waals surface area contributed by atoms with Gasteiger partial charge < -0.3 is 19.0 Å². The summed E-state index contributed by atoms with van der Waals surface area (Å²) in [5.74, 6) is -1.46. The molecule has 2 rings (SSSR count). The Morgan fingerprint density at radius 3 is 2.54 bits per heavy atom. The zero-order valence-corrected chi connectivity index (χ0v) is 13.9. The molecule has 2 aromatic rings. The van der Waals surface area contributed by atoms with Crippen molar-refractivity contribution >= 4 is 17.8 Å². The lowest BCUT2D eigenvalue weighted by atomic mass is 10.1. The van der Waals surface area contributed by atoms with Crippen LogP contribution in [0.2, 0.25) is 0 Å². The minimum atomic E-state index is -0.614. The number of allylic oxidation sites excluding steroid dienone is 1. The van der Waals surface area contributed by atoms with Crippen molar-refractivity contribution in [3.63, 3.8) is 0 Å². The number of aromatic hydroxyl groups is 1. The molecule has 0 aromatic carbocycles. The highest BCUT2D eigenvalue weighted by molar-refractivity contribution is 6.08. The average molecular weight is 330 g/mol. The smallest absolute Gasteiger partial charge is 0.354 e. The fourth-order valence-electron chi connectivity index (χ4n) is 2.28. The fraction of sp³-hybridized carbons (Fsp3) is 0.235. The summed E-state index contributed by atoms with van der Waals surface area (Å²) in [6, 6.07) is 2.92. The van der Waals surface area contributed by atoms with Crippen LogP contribution in [0, 0.1) is 6.92 Å². The van der Waals surface area contributed by atoms with Gasteiger partial charge in [-0.1, -0.05) is 0 Å². The monoisotopic (exact) mass is 330 g/mol. The van der Waals surface area contributed by atoms with Crippen LogP contribution in [0.25, 0.3) is 6.08 Å². The van der Waals surface area contributed by atoms with E-state index in [1.807, 2.05) is 0 Å². The van der Waals surface area contributed by atoms with E-state index < -0.39 is 17.3 Å². The Hall–Kier alpha value is -3.09. The number of ether oxygens (including phenoxy) is 1. The van der Waals surface area contributed by atoms with Crippen LogP contribution in [-0.2, 0) is 18.8 Å². The van der Waals surface area contributed by atoms with Gasteiger partial charge in [-0.25, -0.2) is 4.79 Å². The molecular weight excluding hydrogens is 312 g/mol. The first-order valence-electron chi connectivity index (χ1n) is 7.13. The summed E-state index contributed by atoms with van der Waals surface area (Å²) in [7, 11) is 4.48. The van der Waals surface area contributed by atoms with Crippen molar-refractivity contribution in [2.45, 2.75) is 6.92 Å². The number of aryl methyl sites for hydroxylation is 2. The predicted molar refractivity (Wildman–Crippen MR) is 88.2 cm³/mol. The Morgan fingerprint density at radius 2 is 1.92 bits per heavy atom. The first-order chi connectivity index (χ1) is 11.3.